The van der Waals surface area contributed by atoms with Crippen molar-refractivity contribution in [2.24, 2.45) is 0 Å². The fourth-order valence-corrected chi connectivity index (χ4v) is 2.35. The van der Waals surface area contributed by atoms with Gasteiger partial charge in [0.25, 0.3) is 0 Å². The van der Waals surface area contributed by atoms with Gasteiger partial charge in [0.15, 0.2) is 0 Å². The maximum Gasteiger partial charge on any atom is 0.407 e. The minimum atomic E-state index is -0.537. The fourth-order valence-electron chi connectivity index (χ4n) is 2.35. The predicted molar refractivity (Wildman–Crippen MR) is 84.2 cm³/mol. The lowest BCUT2D eigenvalue weighted by Gasteiger charge is -2.20. The van der Waals surface area contributed by atoms with Gasteiger partial charge in [-0.3, -0.25) is 4.79 Å². The van der Waals surface area contributed by atoms with Crippen molar-refractivity contribution < 1.29 is 19.2 Å². The van der Waals surface area contributed by atoms with Crippen LogP contribution in [0.3, 0.4) is 0 Å². The lowest BCUT2D eigenvalue weighted by Crippen LogP contribution is -2.35. The van der Waals surface area contributed by atoms with Gasteiger partial charge in [-0.15, -0.1) is 0 Å². The molecule has 1 aliphatic rings. The Morgan fingerprint density at radius 3 is 2.23 bits per heavy atom. The number of hydrogen-bond acceptors (Lipinski definition) is 5. The number of nitrogens with one attached hydrogen (secondary N) is 2. The Balaban J connectivity index is 2.11. The van der Waals surface area contributed by atoms with Crippen molar-refractivity contribution in [3.63, 3.8) is 0 Å². The molecule has 0 bridgehead atoms. The fraction of sp³-hybridized carbons (Fsp3) is 0.875. The van der Waals surface area contributed by atoms with Crippen LogP contribution < -0.4 is 10.8 Å². The van der Waals surface area contributed by atoms with E-state index in [9.17, 15) is 9.59 Å². The highest BCUT2D eigenvalue weighted by molar-refractivity contribution is 5.71. The summed E-state index contributed by atoms with van der Waals surface area (Å²) in [5.41, 5.74) is 2.33. The van der Waals surface area contributed by atoms with Crippen LogP contribution in [0.2, 0.25) is 0 Å². The number of amides is 1. The van der Waals surface area contributed by atoms with Gasteiger partial charge in [-0.25, -0.2) is 4.79 Å². The van der Waals surface area contributed by atoms with Gasteiger partial charge in [0.2, 0.25) is 0 Å². The van der Waals surface area contributed by atoms with Crippen molar-refractivity contribution in [2.45, 2.75) is 83.8 Å². The van der Waals surface area contributed by atoms with Crippen LogP contribution in [0, 0.1) is 0 Å². The van der Waals surface area contributed by atoms with Crippen molar-refractivity contribution in [3.05, 3.63) is 0 Å². The Hall–Kier alpha value is -1.30. The molecule has 1 saturated carbocycles. The first kappa shape index (κ1) is 18.7. The lowest BCUT2D eigenvalue weighted by molar-refractivity contribution is -0.153. The molecule has 6 heteroatoms. The summed E-state index contributed by atoms with van der Waals surface area (Å²) in [7, 11) is 0. The monoisotopic (exact) mass is 314 g/mol. The Bertz CT molecular complexity index is 345. The van der Waals surface area contributed by atoms with Crippen LogP contribution in [0.25, 0.3) is 0 Å². The van der Waals surface area contributed by atoms with Crippen molar-refractivity contribution in [1.82, 2.24) is 10.8 Å². The number of carbonyl (C=O) groups is 2. The number of carbonyl (C=O) groups excluding carboxylic acids is 2. The van der Waals surface area contributed by atoms with Crippen LogP contribution in [0.4, 0.5) is 4.79 Å². The smallest absolute Gasteiger partial charge is 0.407 e. The van der Waals surface area contributed by atoms with Crippen molar-refractivity contribution in [3.8, 4) is 0 Å². The SMILES string of the molecule is CC(C)(C)OC(=O)NCCC(=O)ONC1CCCCCCC1. The number of hydrogen-bond donors (Lipinski definition) is 2. The highest BCUT2D eigenvalue weighted by Crippen LogP contribution is 2.17. The molecular formula is C16H30N2O4. The van der Waals surface area contributed by atoms with Crippen molar-refractivity contribution in [1.29, 1.82) is 0 Å². The quantitative estimate of drug-likeness (QED) is 0.763. The van der Waals surface area contributed by atoms with Gasteiger partial charge in [0.05, 0.1) is 6.42 Å². The molecule has 0 unspecified atom stereocenters. The van der Waals surface area contributed by atoms with Gasteiger partial charge < -0.3 is 14.9 Å². The zero-order valence-electron chi connectivity index (χ0n) is 14.1. The molecule has 22 heavy (non-hydrogen) atoms. The Morgan fingerprint density at radius 1 is 1.05 bits per heavy atom. The van der Waals surface area contributed by atoms with Crippen LogP contribution in [0.5, 0.6) is 0 Å². The third-order valence-electron chi connectivity index (χ3n) is 3.44. The minimum absolute atomic E-state index is 0.124. The molecule has 1 aliphatic carbocycles. The summed E-state index contributed by atoms with van der Waals surface area (Å²) in [6, 6.07) is 0.253. The molecule has 1 amide bonds. The van der Waals surface area contributed by atoms with Gasteiger partial charge in [-0.2, -0.15) is 5.48 Å². The number of ether oxygens (including phenoxy) is 1. The Morgan fingerprint density at radius 2 is 1.64 bits per heavy atom. The van der Waals surface area contributed by atoms with E-state index >= 15 is 0 Å². The molecule has 0 aliphatic heterocycles. The van der Waals surface area contributed by atoms with E-state index in [1.807, 2.05) is 0 Å². The second-order valence-electron chi connectivity index (χ2n) is 6.81. The van der Waals surface area contributed by atoms with Crippen LogP contribution in [0.15, 0.2) is 0 Å². The maximum absolute atomic E-state index is 11.6. The first-order chi connectivity index (χ1) is 10.4. The summed E-state index contributed by atoms with van der Waals surface area (Å²) in [5, 5.41) is 2.54. The van der Waals surface area contributed by atoms with Crippen LogP contribution in [-0.4, -0.2) is 30.3 Å². The second kappa shape index (κ2) is 9.66. The van der Waals surface area contributed by atoms with E-state index < -0.39 is 11.7 Å². The van der Waals surface area contributed by atoms with Gasteiger partial charge in [0.1, 0.15) is 5.60 Å². The maximum atomic E-state index is 11.6. The van der Waals surface area contributed by atoms with Crippen LogP contribution in [-0.2, 0) is 14.4 Å². The zero-order valence-corrected chi connectivity index (χ0v) is 14.1. The first-order valence-electron chi connectivity index (χ1n) is 8.29. The first-order valence-corrected chi connectivity index (χ1v) is 8.29. The van der Waals surface area contributed by atoms with Gasteiger partial charge in [-0.1, -0.05) is 32.1 Å². The number of rotatable bonds is 5. The van der Waals surface area contributed by atoms with E-state index in [1.165, 1.54) is 32.1 Å². The van der Waals surface area contributed by atoms with E-state index in [-0.39, 0.29) is 25.0 Å². The lowest BCUT2D eigenvalue weighted by atomic mass is 9.97. The highest BCUT2D eigenvalue weighted by atomic mass is 16.7. The molecular weight excluding hydrogens is 284 g/mol. The molecule has 0 spiro atoms. The summed E-state index contributed by atoms with van der Waals surface area (Å²) in [5.74, 6) is -0.363. The molecule has 0 heterocycles. The van der Waals surface area contributed by atoms with Crippen LogP contribution >= 0.6 is 0 Å². The summed E-state index contributed by atoms with van der Waals surface area (Å²) in [4.78, 5) is 28.1. The van der Waals surface area contributed by atoms with Gasteiger partial charge in [0, 0.05) is 12.6 Å². The molecule has 0 radical (unpaired) electrons. The van der Waals surface area contributed by atoms with Crippen LogP contribution in [0.1, 0.15) is 72.1 Å². The molecule has 0 aromatic rings. The molecule has 1 fully saturated rings. The summed E-state index contributed by atoms with van der Waals surface area (Å²) in [6.07, 6.45) is 7.87. The summed E-state index contributed by atoms with van der Waals surface area (Å²) < 4.78 is 5.08. The third-order valence-corrected chi connectivity index (χ3v) is 3.44. The molecule has 128 valence electrons. The highest BCUT2D eigenvalue weighted by Gasteiger charge is 2.16. The number of alkyl carbamates (subject to hydrolysis) is 1. The molecule has 0 saturated heterocycles. The van der Waals surface area contributed by atoms with E-state index in [4.69, 9.17) is 9.57 Å². The zero-order chi connectivity index (χ0) is 16.4. The van der Waals surface area contributed by atoms with Crippen molar-refractivity contribution >= 4 is 12.1 Å². The number of hydroxylamine groups is 1. The summed E-state index contributed by atoms with van der Waals surface area (Å²) in [6.45, 7) is 5.58. The van der Waals surface area contributed by atoms with E-state index in [1.54, 1.807) is 20.8 Å². The average molecular weight is 314 g/mol. The molecule has 0 aromatic carbocycles. The predicted octanol–water partition coefficient (Wildman–Crippen LogP) is 3.06. The molecule has 2 N–H and O–H groups in total. The second-order valence-corrected chi connectivity index (χ2v) is 6.81. The topological polar surface area (TPSA) is 76.7 Å². The third kappa shape index (κ3) is 9.60. The van der Waals surface area contributed by atoms with E-state index in [0.29, 0.717) is 0 Å². The summed E-state index contributed by atoms with van der Waals surface area (Å²) >= 11 is 0. The minimum Gasteiger partial charge on any atom is -0.444 e. The standard InChI is InChI=1S/C16H30N2O4/c1-16(2,3)21-15(20)17-12-11-14(19)22-18-13-9-7-5-4-6-8-10-13/h13,18H,4-12H2,1-3H3,(H,17,20). The molecule has 0 aromatic heterocycles. The Kier molecular flexibility index (Phi) is 8.24. The molecule has 1 rings (SSSR count). The van der Waals surface area contributed by atoms with E-state index in [2.05, 4.69) is 10.8 Å². The molecule has 6 nitrogen and oxygen atoms in total. The Labute approximate surface area is 133 Å². The van der Waals surface area contributed by atoms with Crippen molar-refractivity contribution in [2.75, 3.05) is 6.54 Å². The average Bonchev–Trinajstić information content (AvgIpc) is 2.35. The molecule has 0 atom stereocenters. The van der Waals surface area contributed by atoms with Gasteiger partial charge >= 0.3 is 12.1 Å². The van der Waals surface area contributed by atoms with E-state index in [0.717, 1.165) is 12.8 Å². The van der Waals surface area contributed by atoms with Gasteiger partial charge in [-0.05, 0) is 33.6 Å². The normalized spacial score (nSPS) is 17.2. The largest absolute Gasteiger partial charge is 0.444 e.